The van der Waals surface area contributed by atoms with Crippen LogP contribution in [0.1, 0.15) is 97.3 Å². The molecule has 0 radical (unpaired) electrons. The number of piperidine rings is 1. The molecule has 0 amide bonds. The quantitative estimate of drug-likeness (QED) is 0.280. The van der Waals surface area contributed by atoms with E-state index in [-0.39, 0.29) is 0 Å². The molecule has 0 saturated carbocycles. The summed E-state index contributed by atoms with van der Waals surface area (Å²) in [6.45, 7) is 10.5. The van der Waals surface area contributed by atoms with Crippen LogP contribution in [-0.2, 0) is 10.1 Å². The molecule has 0 unspecified atom stereocenters. The van der Waals surface area contributed by atoms with Gasteiger partial charge in [0.15, 0.2) is 0 Å². The van der Waals surface area contributed by atoms with E-state index < -0.39 is 10.1 Å². The highest BCUT2D eigenvalue weighted by atomic mass is 32.2. The zero-order valence-electron chi connectivity index (χ0n) is 17.1. The molecule has 1 N–H and O–H groups in total. The van der Waals surface area contributed by atoms with E-state index in [9.17, 15) is 8.42 Å². The Kier molecular flexibility index (Phi) is 14.9. The van der Waals surface area contributed by atoms with Crippen LogP contribution in [0.2, 0.25) is 0 Å². The Hall–Kier alpha value is -0.130. The summed E-state index contributed by atoms with van der Waals surface area (Å²) >= 11 is 0. The Morgan fingerprint density at radius 3 is 1.56 bits per heavy atom. The second-order valence-electron chi connectivity index (χ2n) is 7.80. The fourth-order valence-corrected chi connectivity index (χ4v) is 3.82. The first-order valence-electron chi connectivity index (χ1n) is 10.6. The Balaban J connectivity index is 0.00000101. The molecule has 152 valence electrons. The van der Waals surface area contributed by atoms with Gasteiger partial charge in [-0.2, -0.15) is 8.42 Å². The molecule has 1 aliphatic heterocycles. The molecular formula is C20H44NO3S+. The lowest BCUT2D eigenvalue weighted by Gasteiger charge is -2.41. The molecule has 0 atom stereocenters. The van der Waals surface area contributed by atoms with Crippen molar-refractivity contribution in [1.29, 1.82) is 0 Å². The third-order valence-corrected chi connectivity index (χ3v) is 5.42. The van der Waals surface area contributed by atoms with Crippen molar-refractivity contribution in [3.05, 3.63) is 0 Å². The molecule has 0 bridgehead atoms. The normalized spacial score (nSPS) is 17.0. The van der Waals surface area contributed by atoms with Crippen LogP contribution in [0.15, 0.2) is 0 Å². The van der Waals surface area contributed by atoms with Crippen LogP contribution in [-0.4, -0.2) is 49.9 Å². The molecule has 0 aliphatic carbocycles. The molecule has 1 aliphatic rings. The van der Waals surface area contributed by atoms with Gasteiger partial charge in [0, 0.05) is 0 Å². The lowest BCUT2D eigenvalue weighted by Crippen LogP contribution is -2.51. The highest BCUT2D eigenvalue weighted by molar-refractivity contribution is 7.85. The van der Waals surface area contributed by atoms with Gasteiger partial charge in [-0.05, 0) is 39.0 Å². The van der Waals surface area contributed by atoms with Gasteiger partial charge in [-0.3, -0.25) is 4.55 Å². The van der Waals surface area contributed by atoms with Crippen molar-refractivity contribution in [2.75, 3.05) is 32.4 Å². The van der Waals surface area contributed by atoms with Gasteiger partial charge < -0.3 is 4.48 Å². The fraction of sp³-hybridized carbons (Fsp3) is 1.00. The predicted octanol–water partition coefficient (Wildman–Crippen LogP) is 5.43. The van der Waals surface area contributed by atoms with Gasteiger partial charge in [0.05, 0.1) is 32.4 Å². The Labute approximate surface area is 157 Å². The van der Waals surface area contributed by atoms with E-state index in [0.717, 1.165) is 0 Å². The highest BCUT2D eigenvalue weighted by Crippen LogP contribution is 2.20. The summed E-state index contributed by atoms with van der Waals surface area (Å²) in [5.41, 5.74) is 0. The van der Waals surface area contributed by atoms with Gasteiger partial charge in [0.1, 0.15) is 0 Å². The van der Waals surface area contributed by atoms with Crippen LogP contribution in [0, 0.1) is 0 Å². The van der Waals surface area contributed by atoms with Crippen molar-refractivity contribution >= 4 is 10.1 Å². The number of hydrogen-bond acceptors (Lipinski definition) is 2. The summed E-state index contributed by atoms with van der Waals surface area (Å²) < 4.78 is 27.3. The zero-order valence-corrected chi connectivity index (χ0v) is 18.0. The molecule has 5 heteroatoms. The highest BCUT2D eigenvalue weighted by Gasteiger charge is 2.26. The van der Waals surface area contributed by atoms with Gasteiger partial charge in [-0.25, -0.2) is 0 Å². The molecule has 0 aromatic heterocycles. The lowest BCUT2D eigenvalue weighted by molar-refractivity contribution is -0.931. The number of likely N-dealkylation sites (tertiary alicyclic amines) is 1. The number of unbranched alkanes of at least 4 members (excludes halogenated alkanes) is 9. The first-order chi connectivity index (χ1) is 11.8. The lowest BCUT2D eigenvalue weighted by atomic mass is 10.0. The predicted molar refractivity (Wildman–Crippen MR) is 109 cm³/mol. The van der Waals surface area contributed by atoms with Crippen LogP contribution in [0.5, 0.6) is 0 Å². The summed E-state index contributed by atoms with van der Waals surface area (Å²) in [7, 11) is -3.67. The zero-order chi connectivity index (χ0) is 19.0. The third-order valence-electron chi connectivity index (χ3n) is 5.42. The average Bonchev–Trinajstić information content (AvgIpc) is 2.56. The van der Waals surface area contributed by atoms with Crippen molar-refractivity contribution in [3.8, 4) is 0 Å². The fourth-order valence-electron chi connectivity index (χ4n) is 3.82. The van der Waals surface area contributed by atoms with E-state index in [1.165, 1.54) is 114 Å². The summed E-state index contributed by atoms with van der Waals surface area (Å²) in [5.74, 6) is 0. The van der Waals surface area contributed by atoms with Crippen molar-refractivity contribution in [1.82, 2.24) is 0 Å². The van der Waals surface area contributed by atoms with Gasteiger partial charge >= 0.3 is 0 Å². The minimum Gasteiger partial charge on any atom is -0.324 e. The van der Waals surface area contributed by atoms with Crippen molar-refractivity contribution in [2.24, 2.45) is 0 Å². The van der Waals surface area contributed by atoms with Crippen molar-refractivity contribution < 1.29 is 17.5 Å². The molecular weight excluding hydrogens is 334 g/mol. The average molecular weight is 379 g/mol. The summed E-state index contributed by atoms with van der Waals surface area (Å²) in [6.07, 6.45) is 19.8. The van der Waals surface area contributed by atoms with Crippen LogP contribution in [0.25, 0.3) is 0 Å². The first-order valence-corrected chi connectivity index (χ1v) is 12.5. The maximum absolute atomic E-state index is 9.19. The first kappa shape index (κ1) is 24.9. The molecule has 0 aromatic carbocycles. The second kappa shape index (κ2) is 15.0. The monoisotopic (exact) mass is 378 g/mol. The topological polar surface area (TPSA) is 54.4 Å². The van der Waals surface area contributed by atoms with Crippen LogP contribution in [0.4, 0.5) is 0 Å². The van der Waals surface area contributed by atoms with E-state index in [2.05, 4.69) is 13.8 Å². The molecule has 0 spiro atoms. The van der Waals surface area contributed by atoms with Crippen molar-refractivity contribution in [2.45, 2.75) is 97.3 Å². The number of rotatable bonds is 12. The summed E-state index contributed by atoms with van der Waals surface area (Å²) in [4.78, 5) is 0. The Morgan fingerprint density at radius 1 is 0.760 bits per heavy atom. The van der Waals surface area contributed by atoms with Crippen LogP contribution in [0.3, 0.4) is 0 Å². The molecule has 4 nitrogen and oxygen atoms in total. The molecule has 25 heavy (non-hydrogen) atoms. The van der Waals surface area contributed by atoms with Crippen molar-refractivity contribution in [3.63, 3.8) is 0 Å². The standard InChI is InChI=1S/C19H40N.CH4O3S/c1-3-5-6-7-8-9-10-11-12-14-17-20(4-2)18-15-13-16-19-20;1-5(2,3)4/h3-19H2,1-2H3;1H3,(H,2,3,4)/q+1;. The smallest absolute Gasteiger partial charge is 0.261 e. The van der Waals surface area contributed by atoms with Gasteiger partial charge in [0.2, 0.25) is 0 Å². The summed E-state index contributed by atoms with van der Waals surface area (Å²) in [6, 6.07) is 0. The van der Waals surface area contributed by atoms with E-state index in [1.54, 1.807) is 0 Å². The van der Waals surface area contributed by atoms with Gasteiger partial charge in [0.25, 0.3) is 10.1 Å². The van der Waals surface area contributed by atoms with E-state index in [4.69, 9.17) is 4.55 Å². The number of hydrogen-bond donors (Lipinski definition) is 1. The number of quaternary nitrogens is 1. The van der Waals surface area contributed by atoms with E-state index in [1.807, 2.05) is 0 Å². The SMILES string of the molecule is CCCCCCCCCCCC[N+]1(CC)CCCCC1.CS(=O)(=O)O. The number of nitrogens with zero attached hydrogens (tertiary/aromatic N) is 1. The maximum atomic E-state index is 9.19. The Bertz CT molecular complexity index is 382. The minimum atomic E-state index is -3.67. The van der Waals surface area contributed by atoms with Crippen LogP contribution < -0.4 is 0 Å². The molecule has 0 aromatic rings. The van der Waals surface area contributed by atoms with Crippen LogP contribution >= 0.6 is 0 Å². The second-order valence-corrected chi connectivity index (χ2v) is 9.27. The van der Waals surface area contributed by atoms with Gasteiger partial charge in [-0.15, -0.1) is 0 Å². The largest absolute Gasteiger partial charge is 0.324 e. The van der Waals surface area contributed by atoms with E-state index in [0.29, 0.717) is 6.26 Å². The minimum absolute atomic E-state index is 0.715. The maximum Gasteiger partial charge on any atom is 0.261 e. The molecule has 1 saturated heterocycles. The summed E-state index contributed by atoms with van der Waals surface area (Å²) in [5, 5.41) is 0. The molecule has 1 heterocycles. The van der Waals surface area contributed by atoms with E-state index >= 15 is 0 Å². The molecule has 1 fully saturated rings. The molecule has 1 rings (SSSR count). The Morgan fingerprint density at radius 2 is 1.16 bits per heavy atom. The van der Waals surface area contributed by atoms with Gasteiger partial charge in [-0.1, -0.05) is 58.3 Å². The third kappa shape index (κ3) is 17.1.